The Morgan fingerprint density at radius 2 is 2.03 bits per heavy atom. The first kappa shape index (κ1) is 20.8. The van der Waals surface area contributed by atoms with Gasteiger partial charge in [0.15, 0.2) is 0 Å². The van der Waals surface area contributed by atoms with Crippen molar-refractivity contribution in [3.63, 3.8) is 0 Å². The van der Waals surface area contributed by atoms with Gasteiger partial charge in [-0.05, 0) is 62.8 Å². The number of aryl methyl sites for hydroxylation is 1. The van der Waals surface area contributed by atoms with Crippen LogP contribution in [0, 0.1) is 5.92 Å². The van der Waals surface area contributed by atoms with Gasteiger partial charge in [0, 0.05) is 42.3 Å². The third kappa shape index (κ3) is 4.46. The molecule has 0 amide bonds. The lowest BCUT2D eigenvalue weighted by Gasteiger charge is -2.31. The van der Waals surface area contributed by atoms with Gasteiger partial charge in [0.05, 0.1) is 11.7 Å². The molecule has 0 N–H and O–H groups in total. The number of likely N-dealkylation sites (N-methyl/N-ethyl adjacent to an activating group) is 1. The van der Waals surface area contributed by atoms with Crippen molar-refractivity contribution in [2.75, 3.05) is 13.6 Å². The summed E-state index contributed by atoms with van der Waals surface area (Å²) in [4.78, 5) is 27.3. The third-order valence-corrected chi connectivity index (χ3v) is 8.42. The Balaban J connectivity index is 1.31. The molecule has 3 aromatic rings. The molecule has 3 aromatic heterocycles. The Morgan fingerprint density at radius 1 is 1.16 bits per heavy atom. The van der Waals surface area contributed by atoms with E-state index in [1.54, 1.807) is 17.7 Å². The largest absolute Gasteiger partial charge is 0.303 e. The summed E-state index contributed by atoms with van der Waals surface area (Å²) in [5.74, 6) is 0.636. The van der Waals surface area contributed by atoms with Crippen molar-refractivity contribution < 1.29 is 0 Å². The average Bonchev–Trinajstić information content (AvgIpc) is 3.19. The molecule has 0 aliphatic heterocycles. The highest BCUT2D eigenvalue weighted by molar-refractivity contribution is 7.18. The van der Waals surface area contributed by atoms with Crippen molar-refractivity contribution >= 4 is 21.6 Å². The zero-order chi connectivity index (χ0) is 21.2. The molecule has 164 valence electrons. The predicted octanol–water partition coefficient (Wildman–Crippen LogP) is 4.47. The van der Waals surface area contributed by atoms with Crippen LogP contribution in [0.4, 0.5) is 0 Å². The summed E-state index contributed by atoms with van der Waals surface area (Å²) in [6.45, 7) is 1.85. The van der Waals surface area contributed by atoms with Gasteiger partial charge in [0.2, 0.25) is 0 Å². The molecule has 0 spiro atoms. The number of nitrogens with zero attached hydrogens (tertiary/aromatic N) is 4. The highest BCUT2D eigenvalue weighted by Gasteiger charge is 2.27. The number of thiophene rings is 1. The Morgan fingerprint density at radius 3 is 2.84 bits per heavy atom. The molecule has 5 nitrogen and oxygen atoms in total. The molecule has 5 rings (SSSR count). The summed E-state index contributed by atoms with van der Waals surface area (Å²) in [5.41, 5.74) is 2.62. The molecule has 0 aromatic carbocycles. The van der Waals surface area contributed by atoms with E-state index in [4.69, 9.17) is 4.98 Å². The topological polar surface area (TPSA) is 51.0 Å². The first-order chi connectivity index (χ1) is 15.2. The van der Waals surface area contributed by atoms with Crippen molar-refractivity contribution in [1.82, 2.24) is 19.4 Å². The second kappa shape index (κ2) is 9.21. The maximum Gasteiger partial charge on any atom is 0.262 e. The summed E-state index contributed by atoms with van der Waals surface area (Å²) in [7, 11) is 2.22. The number of aromatic nitrogens is 3. The molecule has 1 saturated carbocycles. The summed E-state index contributed by atoms with van der Waals surface area (Å²) in [6, 6.07) is 6.64. The lowest BCUT2D eigenvalue weighted by atomic mass is 9.89. The third-order valence-electron chi connectivity index (χ3n) is 7.26. The van der Waals surface area contributed by atoms with Gasteiger partial charge in [0.25, 0.3) is 5.56 Å². The molecule has 0 saturated heterocycles. The fourth-order valence-corrected chi connectivity index (χ4v) is 6.61. The number of fused-ring (bicyclic) bond motifs is 3. The molecule has 2 aliphatic rings. The first-order valence-corrected chi connectivity index (χ1v) is 12.6. The number of rotatable bonds is 6. The van der Waals surface area contributed by atoms with Crippen LogP contribution in [0.5, 0.6) is 0 Å². The molecule has 31 heavy (non-hydrogen) atoms. The second-order valence-electron chi connectivity index (χ2n) is 9.34. The van der Waals surface area contributed by atoms with Crippen molar-refractivity contribution in [3.8, 4) is 0 Å². The Bertz CT molecular complexity index is 1080. The van der Waals surface area contributed by atoms with Crippen molar-refractivity contribution in [2.45, 2.75) is 70.4 Å². The highest BCUT2D eigenvalue weighted by Crippen LogP contribution is 2.35. The van der Waals surface area contributed by atoms with Gasteiger partial charge < -0.3 is 4.90 Å². The lowest BCUT2D eigenvalue weighted by molar-refractivity contribution is 0.225. The average molecular weight is 437 g/mol. The normalized spacial score (nSPS) is 19.7. The van der Waals surface area contributed by atoms with E-state index in [1.807, 2.05) is 16.8 Å². The minimum absolute atomic E-state index is 0.190. The van der Waals surface area contributed by atoms with Crippen LogP contribution >= 0.6 is 11.3 Å². The Labute approximate surface area is 188 Å². The van der Waals surface area contributed by atoms with Crippen LogP contribution in [0.15, 0.2) is 35.5 Å². The minimum atomic E-state index is 0.190. The zero-order valence-electron chi connectivity index (χ0n) is 18.4. The fraction of sp³-hybridized carbons (Fsp3) is 0.560. The molecular formula is C25H32N4OS. The van der Waals surface area contributed by atoms with E-state index in [0.29, 0.717) is 12.0 Å². The maximum absolute atomic E-state index is 13.3. The van der Waals surface area contributed by atoms with Gasteiger partial charge in [-0.25, -0.2) is 4.98 Å². The summed E-state index contributed by atoms with van der Waals surface area (Å²) in [6.07, 6.45) is 14.2. The van der Waals surface area contributed by atoms with Gasteiger partial charge in [-0.1, -0.05) is 25.3 Å². The van der Waals surface area contributed by atoms with Crippen LogP contribution in [-0.2, 0) is 25.8 Å². The van der Waals surface area contributed by atoms with Crippen LogP contribution in [-0.4, -0.2) is 39.1 Å². The molecule has 3 heterocycles. The molecular weight excluding hydrogens is 404 g/mol. The van der Waals surface area contributed by atoms with Crippen molar-refractivity contribution in [2.24, 2.45) is 5.92 Å². The first-order valence-electron chi connectivity index (χ1n) is 11.8. The van der Waals surface area contributed by atoms with Crippen molar-refractivity contribution in [1.29, 1.82) is 0 Å². The van der Waals surface area contributed by atoms with E-state index in [-0.39, 0.29) is 5.56 Å². The maximum atomic E-state index is 13.3. The molecule has 0 bridgehead atoms. The van der Waals surface area contributed by atoms with E-state index in [0.717, 1.165) is 54.7 Å². The molecule has 0 radical (unpaired) electrons. The number of hydrogen-bond donors (Lipinski definition) is 0. The van der Waals surface area contributed by atoms with Crippen molar-refractivity contribution in [3.05, 3.63) is 57.2 Å². The standard InChI is InChI=1S/C25H32N4OS/c1-28(14-12-19-9-5-6-13-26-19)20-10-11-21-22(15-20)31-24-23(21)25(30)29(17-27-24)16-18-7-3-2-4-8-18/h5-6,9,13,17-18,20H,2-4,7-8,10-12,14-16H2,1H3. The van der Waals surface area contributed by atoms with E-state index in [2.05, 4.69) is 29.1 Å². The Hall–Kier alpha value is -2.05. The molecule has 1 fully saturated rings. The van der Waals surface area contributed by atoms with E-state index >= 15 is 0 Å². The SMILES string of the molecule is CN(CCc1ccccn1)C1CCc2c(sc3ncn(CC4CCCCC4)c(=O)c23)C1. The van der Waals surface area contributed by atoms with Crippen LogP contribution in [0.3, 0.4) is 0 Å². The monoisotopic (exact) mass is 436 g/mol. The van der Waals surface area contributed by atoms with Gasteiger partial charge in [0.1, 0.15) is 4.83 Å². The smallest absolute Gasteiger partial charge is 0.262 e. The summed E-state index contributed by atoms with van der Waals surface area (Å²) < 4.78 is 1.90. The minimum Gasteiger partial charge on any atom is -0.303 e. The van der Waals surface area contributed by atoms with Crippen LogP contribution in [0.25, 0.3) is 10.2 Å². The van der Waals surface area contributed by atoms with Crippen LogP contribution < -0.4 is 5.56 Å². The van der Waals surface area contributed by atoms with Crippen LogP contribution in [0.2, 0.25) is 0 Å². The van der Waals surface area contributed by atoms with Gasteiger partial charge in [-0.15, -0.1) is 11.3 Å². The highest BCUT2D eigenvalue weighted by atomic mass is 32.1. The van der Waals surface area contributed by atoms with E-state index < -0.39 is 0 Å². The number of hydrogen-bond acceptors (Lipinski definition) is 5. The second-order valence-corrected chi connectivity index (χ2v) is 10.4. The predicted molar refractivity (Wildman–Crippen MR) is 127 cm³/mol. The van der Waals surface area contributed by atoms with Gasteiger partial charge >= 0.3 is 0 Å². The number of pyridine rings is 1. The quantitative estimate of drug-likeness (QED) is 0.572. The molecule has 1 unspecified atom stereocenters. The van der Waals surface area contributed by atoms with E-state index in [1.165, 1.54) is 42.5 Å². The van der Waals surface area contributed by atoms with Gasteiger partial charge in [-0.3, -0.25) is 14.3 Å². The summed E-state index contributed by atoms with van der Waals surface area (Å²) in [5, 5.41) is 0.910. The zero-order valence-corrected chi connectivity index (χ0v) is 19.2. The van der Waals surface area contributed by atoms with Gasteiger partial charge in [-0.2, -0.15) is 0 Å². The molecule has 2 aliphatic carbocycles. The van der Waals surface area contributed by atoms with E-state index in [9.17, 15) is 4.79 Å². The summed E-state index contributed by atoms with van der Waals surface area (Å²) >= 11 is 1.74. The molecule has 1 atom stereocenters. The van der Waals surface area contributed by atoms with Crippen LogP contribution in [0.1, 0.15) is 54.7 Å². The fourth-order valence-electron chi connectivity index (χ4n) is 5.36. The lowest BCUT2D eigenvalue weighted by Crippen LogP contribution is -2.37. The molecule has 6 heteroatoms. The Kier molecular flexibility index (Phi) is 6.19.